The second-order valence-electron chi connectivity index (χ2n) is 3.30. The lowest BCUT2D eigenvalue weighted by Gasteiger charge is -2.16. The molecule has 16 heavy (non-hydrogen) atoms. The molecule has 90 valence electrons. The number of hydrogen-bond donors (Lipinski definition) is 1. The quantitative estimate of drug-likeness (QED) is 0.863. The zero-order chi connectivity index (χ0) is 12.3. The summed E-state index contributed by atoms with van der Waals surface area (Å²) in [4.78, 5) is 0. The zero-order valence-electron chi connectivity index (χ0n) is 8.60. The number of sulfone groups is 1. The molecule has 0 radical (unpaired) electrons. The summed E-state index contributed by atoms with van der Waals surface area (Å²) in [5.41, 5.74) is 0.432. The second kappa shape index (κ2) is 5.36. The van der Waals surface area contributed by atoms with Crippen molar-refractivity contribution in [2.75, 3.05) is 5.75 Å². The minimum absolute atomic E-state index is 0.105. The summed E-state index contributed by atoms with van der Waals surface area (Å²) in [6.45, 7) is 1.49. The molecular weight excluding hydrogens is 271 g/mol. The topological polar surface area (TPSA) is 54.4 Å². The van der Waals surface area contributed by atoms with E-state index in [9.17, 15) is 13.5 Å². The Labute approximate surface area is 105 Å². The van der Waals surface area contributed by atoms with Gasteiger partial charge in [0, 0.05) is 10.8 Å². The molecule has 1 aromatic rings. The Morgan fingerprint density at radius 1 is 1.31 bits per heavy atom. The Morgan fingerprint density at radius 2 is 1.81 bits per heavy atom. The molecule has 0 aliphatic rings. The lowest BCUT2D eigenvalue weighted by atomic mass is 10.1. The Balaban J connectivity index is 2.94. The van der Waals surface area contributed by atoms with Crippen molar-refractivity contribution in [1.29, 1.82) is 0 Å². The van der Waals surface area contributed by atoms with Crippen LogP contribution in [0.15, 0.2) is 24.3 Å². The molecule has 0 aliphatic carbocycles. The van der Waals surface area contributed by atoms with Gasteiger partial charge in [0.2, 0.25) is 0 Å². The summed E-state index contributed by atoms with van der Waals surface area (Å²) in [6.07, 6.45) is -1.25. The minimum Gasteiger partial charge on any atom is -0.386 e. The van der Waals surface area contributed by atoms with Gasteiger partial charge in [0.15, 0.2) is 14.5 Å². The van der Waals surface area contributed by atoms with Crippen molar-refractivity contribution in [2.24, 2.45) is 0 Å². The highest BCUT2D eigenvalue weighted by Crippen LogP contribution is 2.26. The molecule has 0 unspecified atom stereocenters. The lowest BCUT2D eigenvalue weighted by Crippen LogP contribution is -2.24. The van der Waals surface area contributed by atoms with Crippen molar-refractivity contribution in [2.45, 2.75) is 17.7 Å². The molecule has 0 aromatic heterocycles. The van der Waals surface area contributed by atoms with Gasteiger partial charge in [0.25, 0.3) is 0 Å². The van der Waals surface area contributed by atoms with Crippen molar-refractivity contribution in [3.05, 3.63) is 34.9 Å². The maximum Gasteiger partial charge on any atom is 0.169 e. The molecule has 1 N–H and O–H groups in total. The summed E-state index contributed by atoms with van der Waals surface area (Å²) < 4.78 is 21.6. The number of aliphatic hydroxyl groups is 1. The Hall–Kier alpha value is -0.290. The molecule has 2 atom stereocenters. The molecule has 1 rings (SSSR count). The van der Waals surface area contributed by atoms with Crippen molar-refractivity contribution in [1.82, 2.24) is 0 Å². The first-order valence-corrected chi connectivity index (χ1v) is 7.20. The molecule has 0 fully saturated rings. The van der Waals surface area contributed by atoms with Gasteiger partial charge in [0.1, 0.15) is 6.10 Å². The highest BCUT2D eigenvalue weighted by molar-refractivity contribution is 7.93. The van der Waals surface area contributed by atoms with E-state index in [-0.39, 0.29) is 5.75 Å². The average molecular weight is 283 g/mol. The maximum atomic E-state index is 11.5. The van der Waals surface area contributed by atoms with E-state index in [1.165, 1.54) is 6.92 Å². The van der Waals surface area contributed by atoms with Crippen LogP contribution in [-0.4, -0.2) is 24.0 Å². The predicted molar refractivity (Wildman–Crippen MR) is 65.5 cm³/mol. The number of aliphatic hydroxyl groups excluding tert-OH is 1. The Bertz CT molecular complexity index is 442. The van der Waals surface area contributed by atoms with E-state index in [0.29, 0.717) is 10.6 Å². The van der Waals surface area contributed by atoms with E-state index in [0.717, 1.165) is 0 Å². The van der Waals surface area contributed by atoms with Crippen LogP contribution < -0.4 is 0 Å². The monoisotopic (exact) mass is 282 g/mol. The van der Waals surface area contributed by atoms with E-state index in [2.05, 4.69) is 0 Å². The molecule has 0 saturated carbocycles. The standard InChI is InChI=1S/C10H12Cl2O3S/c1-2-16(14,15)10(12)9(13)7-3-5-8(11)6-4-7/h3-6,9-10,13H,2H2,1H3/t9-,10-/m1/s1. The van der Waals surface area contributed by atoms with Crippen molar-refractivity contribution < 1.29 is 13.5 Å². The van der Waals surface area contributed by atoms with Gasteiger partial charge in [-0.25, -0.2) is 8.42 Å². The number of halogens is 2. The van der Waals surface area contributed by atoms with E-state index in [4.69, 9.17) is 23.2 Å². The molecule has 0 bridgehead atoms. The molecule has 0 saturated heterocycles. The van der Waals surface area contributed by atoms with E-state index < -0.39 is 20.7 Å². The SMILES string of the molecule is CCS(=O)(=O)[C@@H](Cl)[C@H](O)c1ccc(Cl)cc1. The molecule has 0 aliphatic heterocycles. The van der Waals surface area contributed by atoms with Crippen LogP contribution in [0.1, 0.15) is 18.6 Å². The fourth-order valence-corrected chi connectivity index (χ4v) is 2.68. The summed E-state index contributed by atoms with van der Waals surface area (Å²) in [5.74, 6) is -0.105. The van der Waals surface area contributed by atoms with Gasteiger partial charge < -0.3 is 5.11 Å². The highest BCUT2D eigenvalue weighted by Gasteiger charge is 2.29. The molecule has 1 aromatic carbocycles. The Morgan fingerprint density at radius 3 is 2.25 bits per heavy atom. The smallest absolute Gasteiger partial charge is 0.169 e. The zero-order valence-corrected chi connectivity index (χ0v) is 10.9. The normalized spacial score (nSPS) is 15.8. The third-order valence-electron chi connectivity index (χ3n) is 2.21. The number of alkyl halides is 1. The molecule has 0 amide bonds. The third kappa shape index (κ3) is 3.10. The van der Waals surface area contributed by atoms with Crippen molar-refractivity contribution >= 4 is 33.0 Å². The van der Waals surface area contributed by atoms with Gasteiger partial charge in [-0.15, -0.1) is 11.6 Å². The van der Waals surface area contributed by atoms with Crippen molar-refractivity contribution in [3.8, 4) is 0 Å². The van der Waals surface area contributed by atoms with Crippen LogP contribution in [-0.2, 0) is 9.84 Å². The van der Waals surface area contributed by atoms with Crippen LogP contribution in [0.5, 0.6) is 0 Å². The lowest BCUT2D eigenvalue weighted by molar-refractivity contribution is 0.191. The van der Waals surface area contributed by atoms with Crippen LogP contribution >= 0.6 is 23.2 Å². The predicted octanol–water partition coefficient (Wildman–Crippen LogP) is 2.37. The average Bonchev–Trinajstić information content (AvgIpc) is 2.28. The van der Waals surface area contributed by atoms with Crippen LogP contribution in [0.3, 0.4) is 0 Å². The van der Waals surface area contributed by atoms with Crippen LogP contribution in [0.25, 0.3) is 0 Å². The molecular formula is C10H12Cl2O3S. The van der Waals surface area contributed by atoms with Gasteiger partial charge in [-0.1, -0.05) is 30.7 Å². The maximum absolute atomic E-state index is 11.5. The molecule has 0 spiro atoms. The van der Waals surface area contributed by atoms with E-state index in [1.54, 1.807) is 24.3 Å². The van der Waals surface area contributed by atoms with Gasteiger partial charge in [-0.05, 0) is 17.7 Å². The molecule has 3 nitrogen and oxygen atoms in total. The van der Waals surface area contributed by atoms with Gasteiger partial charge in [0.05, 0.1) is 0 Å². The van der Waals surface area contributed by atoms with Gasteiger partial charge in [-0.2, -0.15) is 0 Å². The van der Waals surface area contributed by atoms with Crippen molar-refractivity contribution in [3.63, 3.8) is 0 Å². The number of benzene rings is 1. The minimum atomic E-state index is -3.47. The first kappa shape index (κ1) is 13.8. The Kier molecular flexibility index (Phi) is 4.62. The van der Waals surface area contributed by atoms with Crippen LogP contribution in [0, 0.1) is 0 Å². The summed E-state index contributed by atoms with van der Waals surface area (Å²) >= 11 is 11.4. The fourth-order valence-electron chi connectivity index (χ4n) is 1.17. The first-order chi connectivity index (χ1) is 7.38. The van der Waals surface area contributed by atoms with Gasteiger partial charge in [-0.3, -0.25) is 0 Å². The summed E-state index contributed by atoms with van der Waals surface area (Å²) in [5, 5.41) is 10.3. The second-order valence-corrected chi connectivity index (χ2v) is 6.88. The molecule has 0 heterocycles. The van der Waals surface area contributed by atoms with Crippen LogP contribution in [0.4, 0.5) is 0 Å². The van der Waals surface area contributed by atoms with Crippen LogP contribution in [0.2, 0.25) is 5.02 Å². The first-order valence-electron chi connectivity index (χ1n) is 4.67. The highest BCUT2D eigenvalue weighted by atomic mass is 35.5. The summed E-state index contributed by atoms with van der Waals surface area (Å²) in [6, 6.07) is 6.24. The largest absolute Gasteiger partial charge is 0.386 e. The summed E-state index contributed by atoms with van der Waals surface area (Å²) in [7, 11) is -3.47. The number of rotatable bonds is 4. The third-order valence-corrected chi connectivity index (χ3v) is 5.26. The molecule has 6 heteroatoms. The van der Waals surface area contributed by atoms with E-state index in [1.807, 2.05) is 0 Å². The van der Waals surface area contributed by atoms with E-state index >= 15 is 0 Å². The fraction of sp³-hybridized carbons (Fsp3) is 0.400. The number of hydrogen-bond acceptors (Lipinski definition) is 3. The van der Waals surface area contributed by atoms with Gasteiger partial charge >= 0.3 is 0 Å².